The summed E-state index contributed by atoms with van der Waals surface area (Å²) in [5.74, 6) is 0. The van der Waals surface area contributed by atoms with Gasteiger partial charge in [-0.25, -0.2) is 0 Å². The van der Waals surface area contributed by atoms with E-state index in [-0.39, 0.29) is 0 Å². The van der Waals surface area contributed by atoms with E-state index in [1.54, 1.807) is 0 Å². The van der Waals surface area contributed by atoms with Gasteiger partial charge in [0.2, 0.25) is 0 Å². The van der Waals surface area contributed by atoms with Crippen LogP contribution in [0.25, 0.3) is 0 Å². The predicted molar refractivity (Wildman–Crippen MR) is 93.8 cm³/mol. The van der Waals surface area contributed by atoms with Crippen LogP contribution in [0.1, 0.15) is 104 Å². The highest BCUT2D eigenvalue weighted by Gasteiger charge is 2.03. The molecule has 0 spiro atoms. The summed E-state index contributed by atoms with van der Waals surface area (Å²) >= 11 is 2.68. The molecule has 0 nitrogen and oxygen atoms in total. The van der Waals surface area contributed by atoms with Crippen LogP contribution in [0.2, 0.25) is 0 Å². The summed E-state index contributed by atoms with van der Waals surface area (Å²) in [6, 6.07) is 0. The molecule has 0 aromatic carbocycles. The summed E-state index contributed by atoms with van der Waals surface area (Å²) in [5.41, 5.74) is 0. The Morgan fingerprint density at radius 2 is 0.889 bits per heavy atom. The molecule has 18 heavy (non-hydrogen) atoms. The third-order valence-corrected chi connectivity index (χ3v) is 4.99. The van der Waals surface area contributed by atoms with Crippen molar-refractivity contribution in [2.75, 3.05) is 0 Å². The van der Waals surface area contributed by atoms with Gasteiger partial charge in [0.15, 0.2) is 0 Å². The highest BCUT2D eigenvalue weighted by Crippen LogP contribution is 2.19. The molecule has 0 saturated carbocycles. The van der Waals surface area contributed by atoms with Gasteiger partial charge in [-0.3, -0.25) is 0 Å². The lowest BCUT2D eigenvalue weighted by molar-refractivity contribution is 0.549. The van der Waals surface area contributed by atoms with Crippen LogP contribution in [-0.4, -0.2) is 3.92 Å². The summed E-state index contributed by atoms with van der Waals surface area (Å²) in [5, 5.41) is 0. The maximum absolute atomic E-state index is 2.68. The van der Waals surface area contributed by atoms with E-state index in [0.717, 1.165) is 3.92 Å². The number of rotatable bonds is 14. The molecule has 0 rings (SSSR count). The van der Waals surface area contributed by atoms with Gasteiger partial charge in [0, 0.05) is 3.92 Å². The molecule has 0 aliphatic heterocycles. The second-order valence-electron chi connectivity index (χ2n) is 5.71. The largest absolute Gasteiger partial charge is 0.0826 e. The molecule has 0 N–H and O–H groups in total. The molecule has 0 atom stereocenters. The first kappa shape index (κ1) is 18.7. The van der Waals surface area contributed by atoms with E-state index >= 15 is 0 Å². The van der Waals surface area contributed by atoms with Crippen molar-refractivity contribution in [3.63, 3.8) is 0 Å². The first-order chi connectivity index (χ1) is 8.81. The molecular formula is C17H35I. The van der Waals surface area contributed by atoms with Crippen molar-refractivity contribution in [2.24, 2.45) is 0 Å². The number of hydrogen-bond acceptors (Lipinski definition) is 0. The van der Waals surface area contributed by atoms with Gasteiger partial charge in [-0.05, 0) is 12.8 Å². The molecule has 0 heterocycles. The average molecular weight is 366 g/mol. The van der Waals surface area contributed by atoms with E-state index < -0.39 is 0 Å². The molecule has 0 aliphatic rings. The standard InChI is InChI=1S/C17H35I/c1-3-5-7-9-11-13-15-17(18)16-14-12-10-8-6-4-2/h17H,3-16H2,1-2H3. The first-order valence-corrected chi connectivity index (χ1v) is 9.69. The highest BCUT2D eigenvalue weighted by atomic mass is 127. The molecule has 0 aromatic heterocycles. The Kier molecular flexibility index (Phi) is 16.4. The van der Waals surface area contributed by atoms with E-state index in [1.165, 1.54) is 89.9 Å². The van der Waals surface area contributed by atoms with E-state index in [2.05, 4.69) is 36.4 Å². The van der Waals surface area contributed by atoms with Crippen molar-refractivity contribution in [1.82, 2.24) is 0 Å². The summed E-state index contributed by atoms with van der Waals surface area (Å²) < 4.78 is 0.944. The monoisotopic (exact) mass is 366 g/mol. The third kappa shape index (κ3) is 14.8. The first-order valence-electron chi connectivity index (χ1n) is 8.45. The zero-order chi connectivity index (χ0) is 13.5. The minimum Gasteiger partial charge on any atom is -0.0826 e. The van der Waals surface area contributed by atoms with Crippen LogP contribution in [0.5, 0.6) is 0 Å². The van der Waals surface area contributed by atoms with Gasteiger partial charge in [-0.2, -0.15) is 0 Å². The lowest BCUT2D eigenvalue weighted by Gasteiger charge is -2.09. The molecule has 110 valence electrons. The number of halogens is 1. The smallest absolute Gasteiger partial charge is 0.0110 e. The van der Waals surface area contributed by atoms with Crippen LogP contribution in [0.15, 0.2) is 0 Å². The summed E-state index contributed by atoms with van der Waals surface area (Å²) in [6.45, 7) is 4.59. The predicted octanol–water partition coefficient (Wildman–Crippen LogP) is 7.29. The Labute approximate surface area is 130 Å². The summed E-state index contributed by atoms with van der Waals surface area (Å²) in [4.78, 5) is 0. The van der Waals surface area contributed by atoms with Crippen LogP contribution in [0.3, 0.4) is 0 Å². The van der Waals surface area contributed by atoms with Gasteiger partial charge in [0.1, 0.15) is 0 Å². The fourth-order valence-electron chi connectivity index (χ4n) is 2.44. The Balaban J connectivity index is 3.10. The molecule has 0 fully saturated rings. The topological polar surface area (TPSA) is 0 Å². The van der Waals surface area contributed by atoms with Crippen molar-refractivity contribution in [1.29, 1.82) is 0 Å². The quantitative estimate of drug-likeness (QED) is 0.172. The van der Waals surface area contributed by atoms with Crippen LogP contribution in [0.4, 0.5) is 0 Å². The number of hydrogen-bond donors (Lipinski definition) is 0. The zero-order valence-electron chi connectivity index (χ0n) is 12.9. The van der Waals surface area contributed by atoms with Gasteiger partial charge in [-0.1, -0.05) is 113 Å². The molecule has 0 bridgehead atoms. The van der Waals surface area contributed by atoms with Gasteiger partial charge in [0.05, 0.1) is 0 Å². The second kappa shape index (κ2) is 15.8. The van der Waals surface area contributed by atoms with Crippen LogP contribution >= 0.6 is 22.6 Å². The number of alkyl halides is 1. The molecule has 0 amide bonds. The Hall–Kier alpha value is 0.730. The van der Waals surface area contributed by atoms with Crippen molar-refractivity contribution in [3.05, 3.63) is 0 Å². The second-order valence-corrected chi connectivity index (χ2v) is 7.47. The molecule has 0 saturated heterocycles. The fraction of sp³-hybridized carbons (Fsp3) is 1.00. The Bertz CT molecular complexity index is 129. The van der Waals surface area contributed by atoms with Crippen LogP contribution in [-0.2, 0) is 0 Å². The molecule has 0 radical (unpaired) electrons. The molecule has 0 aliphatic carbocycles. The lowest BCUT2D eigenvalue weighted by atomic mass is 10.0. The Morgan fingerprint density at radius 1 is 0.556 bits per heavy atom. The maximum atomic E-state index is 2.68. The van der Waals surface area contributed by atoms with E-state index in [4.69, 9.17) is 0 Å². The molecule has 0 unspecified atom stereocenters. The lowest BCUT2D eigenvalue weighted by Crippen LogP contribution is -1.97. The van der Waals surface area contributed by atoms with Crippen molar-refractivity contribution in [3.8, 4) is 0 Å². The zero-order valence-corrected chi connectivity index (χ0v) is 15.0. The Morgan fingerprint density at radius 3 is 1.28 bits per heavy atom. The van der Waals surface area contributed by atoms with Gasteiger partial charge >= 0.3 is 0 Å². The molecular weight excluding hydrogens is 331 g/mol. The van der Waals surface area contributed by atoms with Crippen molar-refractivity contribution < 1.29 is 0 Å². The number of unbranched alkanes of at least 4 members (excludes halogenated alkanes) is 10. The normalized spacial score (nSPS) is 11.3. The van der Waals surface area contributed by atoms with E-state index in [1.807, 2.05) is 0 Å². The van der Waals surface area contributed by atoms with Crippen LogP contribution < -0.4 is 0 Å². The highest BCUT2D eigenvalue weighted by molar-refractivity contribution is 14.1. The van der Waals surface area contributed by atoms with Crippen molar-refractivity contribution >= 4 is 22.6 Å². The van der Waals surface area contributed by atoms with E-state index in [9.17, 15) is 0 Å². The third-order valence-electron chi connectivity index (χ3n) is 3.74. The maximum Gasteiger partial charge on any atom is 0.0110 e. The summed E-state index contributed by atoms with van der Waals surface area (Å²) in [7, 11) is 0. The van der Waals surface area contributed by atoms with Gasteiger partial charge < -0.3 is 0 Å². The SMILES string of the molecule is CCCCCCCCC(I)CCCCCCCC. The van der Waals surface area contributed by atoms with Gasteiger partial charge in [0.25, 0.3) is 0 Å². The minimum absolute atomic E-state index is 0.944. The van der Waals surface area contributed by atoms with Crippen molar-refractivity contribution in [2.45, 2.75) is 108 Å². The summed E-state index contributed by atoms with van der Waals surface area (Å²) in [6.07, 6.45) is 20.2. The molecule has 1 heteroatoms. The minimum atomic E-state index is 0.944. The molecule has 0 aromatic rings. The fourth-order valence-corrected chi connectivity index (χ4v) is 3.32. The van der Waals surface area contributed by atoms with E-state index in [0.29, 0.717) is 0 Å². The average Bonchev–Trinajstić information content (AvgIpc) is 2.38. The van der Waals surface area contributed by atoms with Gasteiger partial charge in [-0.15, -0.1) is 0 Å². The van der Waals surface area contributed by atoms with Crippen LogP contribution in [0, 0.1) is 0 Å².